The van der Waals surface area contributed by atoms with Crippen LogP contribution in [-0.2, 0) is 0 Å². The monoisotopic (exact) mass is 292 g/mol. The minimum absolute atomic E-state index is 0.320. The van der Waals surface area contributed by atoms with Gasteiger partial charge in [-0.2, -0.15) is 5.26 Å². The van der Waals surface area contributed by atoms with E-state index >= 15 is 0 Å². The molecular formula is C17H32N4. The third-order valence-corrected chi connectivity index (χ3v) is 5.12. The van der Waals surface area contributed by atoms with E-state index in [0.29, 0.717) is 6.04 Å². The lowest BCUT2D eigenvalue weighted by Gasteiger charge is -2.38. The Morgan fingerprint density at radius 2 is 1.95 bits per heavy atom. The van der Waals surface area contributed by atoms with E-state index in [4.69, 9.17) is 0 Å². The van der Waals surface area contributed by atoms with Gasteiger partial charge < -0.3 is 4.90 Å². The fraction of sp³-hybridized carbons (Fsp3) is 0.941. The van der Waals surface area contributed by atoms with Crippen LogP contribution < -0.4 is 5.32 Å². The molecule has 120 valence electrons. The molecule has 4 nitrogen and oxygen atoms in total. The standard InChI is InChI=1S/C17H32N4/c1-4-15(2)21-12-10-20(11-13-21)9-5-8-17(3,14-18)19-16-6-7-16/h15-16,19H,4-13H2,1-3H3. The van der Waals surface area contributed by atoms with Crippen molar-refractivity contribution < 1.29 is 0 Å². The Morgan fingerprint density at radius 1 is 1.29 bits per heavy atom. The molecule has 1 saturated heterocycles. The quantitative estimate of drug-likeness (QED) is 0.745. The van der Waals surface area contributed by atoms with Gasteiger partial charge >= 0.3 is 0 Å². The van der Waals surface area contributed by atoms with Gasteiger partial charge in [0.15, 0.2) is 0 Å². The molecule has 21 heavy (non-hydrogen) atoms. The van der Waals surface area contributed by atoms with E-state index in [2.05, 4.69) is 42.0 Å². The maximum absolute atomic E-state index is 9.39. The van der Waals surface area contributed by atoms with Gasteiger partial charge in [-0.3, -0.25) is 10.2 Å². The first-order valence-electron chi connectivity index (χ1n) is 8.71. The second-order valence-electron chi connectivity index (χ2n) is 7.10. The molecule has 1 heterocycles. The van der Waals surface area contributed by atoms with E-state index in [1.165, 1.54) is 45.4 Å². The summed E-state index contributed by atoms with van der Waals surface area (Å²) in [5.41, 5.74) is -0.320. The fourth-order valence-electron chi connectivity index (χ4n) is 3.18. The lowest BCUT2D eigenvalue weighted by molar-refractivity contribution is 0.0985. The van der Waals surface area contributed by atoms with Crippen molar-refractivity contribution in [3.8, 4) is 6.07 Å². The van der Waals surface area contributed by atoms with Gasteiger partial charge in [-0.1, -0.05) is 6.92 Å². The summed E-state index contributed by atoms with van der Waals surface area (Å²) in [5.74, 6) is 0. The van der Waals surface area contributed by atoms with Gasteiger partial charge in [0.05, 0.1) is 6.07 Å². The van der Waals surface area contributed by atoms with Crippen LogP contribution in [0, 0.1) is 11.3 Å². The van der Waals surface area contributed by atoms with Crippen molar-refractivity contribution in [1.29, 1.82) is 5.26 Å². The highest BCUT2D eigenvalue weighted by Crippen LogP contribution is 2.24. The Morgan fingerprint density at radius 3 is 2.48 bits per heavy atom. The van der Waals surface area contributed by atoms with Crippen LogP contribution in [0.1, 0.15) is 52.9 Å². The number of piperazine rings is 1. The van der Waals surface area contributed by atoms with Crippen molar-refractivity contribution in [2.45, 2.75) is 70.5 Å². The fourth-order valence-corrected chi connectivity index (χ4v) is 3.18. The zero-order valence-electron chi connectivity index (χ0n) is 14.1. The van der Waals surface area contributed by atoms with Crippen molar-refractivity contribution in [1.82, 2.24) is 15.1 Å². The summed E-state index contributed by atoms with van der Waals surface area (Å²) in [7, 11) is 0. The molecule has 1 aliphatic heterocycles. The molecule has 2 unspecified atom stereocenters. The highest BCUT2D eigenvalue weighted by atomic mass is 15.3. The summed E-state index contributed by atoms with van der Waals surface area (Å²) < 4.78 is 0. The number of nitriles is 1. The number of nitrogens with one attached hydrogen (secondary N) is 1. The first-order chi connectivity index (χ1) is 10.1. The van der Waals surface area contributed by atoms with Crippen LogP contribution in [0.3, 0.4) is 0 Å². The predicted molar refractivity (Wildman–Crippen MR) is 87.2 cm³/mol. The molecule has 0 aromatic rings. The highest BCUT2D eigenvalue weighted by Gasteiger charge is 2.32. The molecule has 4 heteroatoms. The smallest absolute Gasteiger partial charge is 0.104 e. The summed E-state index contributed by atoms with van der Waals surface area (Å²) in [6.07, 6.45) is 5.82. The van der Waals surface area contributed by atoms with Crippen LogP contribution >= 0.6 is 0 Å². The van der Waals surface area contributed by atoms with Gasteiger partial charge in [0.25, 0.3) is 0 Å². The average Bonchev–Trinajstić information content (AvgIpc) is 3.31. The molecule has 2 rings (SSSR count). The van der Waals surface area contributed by atoms with E-state index in [-0.39, 0.29) is 5.54 Å². The van der Waals surface area contributed by atoms with E-state index < -0.39 is 0 Å². The number of hydrogen-bond donors (Lipinski definition) is 1. The van der Waals surface area contributed by atoms with E-state index in [0.717, 1.165) is 25.4 Å². The van der Waals surface area contributed by atoms with Crippen LogP contribution in [0.2, 0.25) is 0 Å². The van der Waals surface area contributed by atoms with Crippen molar-refractivity contribution in [3.05, 3.63) is 0 Å². The maximum atomic E-state index is 9.39. The minimum atomic E-state index is -0.320. The lowest BCUT2D eigenvalue weighted by Crippen LogP contribution is -2.50. The molecule has 0 aromatic carbocycles. The number of rotatable bonds is 8. The topological polar surface area (TPSA) is 42.3 Å². The van der Waals surface area contributed by atoms with E-state index in [1.54, 1.807) is 0 Å². The predicted octanol–water partition coefficient (Wildman–Crippen LogP) is 2.22. The molecule has 1 aliphatic carbocycles. The van der Waals surface area contributed by atoms with Gasteiger partial charge in [0.1, 0.15) is 5.54 Å². The summed E-state index contributed by atoms with van der Waals surface area (Å²) >= 11 is 0. The molecule has 1 saturated carbocycles. The molecule has 0 aromatic heterocycles. The van der Waals surface area contributed by atoms with Crippen LogP contribution in [0.5, 0.6) is 0 Å². The Kier molecular flexibility index (Phi) is 6.04. The largest absolute Gasteiger partial charge is 0.301 e. The van der Waals surface area contributed by atoms with Gasteiger partial charge in [-0.15, -0.1) is 0 Å². The van der Waals surface area contributed by atoms with Gasteiger partial charge in [-0.05, 0) is 52.5 Å². The first kappa shape index (κ1) is 16.7. The number of hydrogen-bond acceptors (Lipinski definition) is 4. The normalized spacial score (nSPS) is 25.2. The van der Waals surface area contributed by atoms with Crippen LogP contribution in [0.15, 0.2) is 0 Å². The Labute approximate surface area is 130 Å². The maximum Gasteiger partial charge on any atom is 0.104 e. The summed E-state index contributed by atoms with van der Waals surface area (Å²) in [6.45, 7) is 12.6. The van der Waals surface area contributed by atoms with Gasteiger partial charge in [-0.25, -0.2) is 0 Å². The molecule has 0 spiro atoms. The van der Waals surface area contributed by atoms with Gasteiger partial charge in [0.2, 0.25) is 0 Å². The summed E-state index contributed by atoms with van der Waals surface area (Å²) in [4.78, 5) is 5.17. The minimum Gasteiger partial charge on any atom is -0.301 e. The summed E-state index contributed by atoms with van der Waals surface area (Å²) in [6, 6.07) is 3.80. The molecule has 2 atom stereocenters. The lowest BCUT2D eigenvalue weighted by atomic mass is 9.97. The van der Waals surface area contributed by atoms with Crippen molar-refractivity contribution >= 4 is 0 Å². The molecule has 1 N–H and O–H groups in total. The highest BCUT2D eigenvalue weighted by molar-refractivity contribution is 5.07. The van der Waals surface area contributed by atoms with E-state index in [1.807, 2.05) is 0 Å². The SMILES string of the molecule is CCC(C)N1CCN(CCCC(C)(C#N)NC2CC2)CC1. The molecule has 0 radical (unpaired) electrons. The molecule has 0 amide bonds. The second kappa shape index (κ2) is 7.58. The van der Waals surface area contributed by atoms with Gasteiger partial charge in [0, 0.05) is 38.3 Å². The Hall–Kier alpha value is -0.630. The van der Waals surface area contributed by atoms with E-state index in [9.17, 15) is 5.26 Å². The zero-order chi connectivity index (χ0) is 15.3. The first-order valence-corrected chi connectivity index (χ1v) is 8.71. The van der Waals surface area contributed by atoms with Crippen molar-refractivity contribution in [2.75, 3.05) is 32.7 Å². The molecule has 0 bridgehead atoms. The molecule has 2 aliphatic rings. The van der Waals surface area contributed by atoms with Crippen molar-refractivity contribution in [3.63, 3.8) is 0 Å². The van der Waals surface area contributed by atoms with Crippen molar-refractivity contribution in [2.24, 2.45) is 0 Å². The summed E-state index contributed by atoms with van der Waals surface area (Å²) in [5, 5.41) is 12.9. The number of nitrogens with zero attached hydrogens (tertiary/aromatic N) is 3. The molecular weight excluding hydrogens is 260 g/mol. The second-order valence-corrected chi connectivity index (χ2v) is 7.10. The Bertz CT molecular complexity index is 352. The molecule has 2 fully saturated rings. The zero-order valence-corrected chi connectivity index (χ0v) is 14.1. The average molecular weight is 292 g/mol. The third kappa shape index (κ3) is 5.25. The Balaban J connectivity index is 1.64. The van der Waals surface area contributed by atoms with Crippen LogP contribution in [-0.4, -0.2) is 60.1 Å². The third-order valence-electron chi connectivity index (χ3n) is 5.12. The van der Waals surface area contributed by atoms with Crippen LogP contribution in [0.25, 0.3) is 0 Å². The van der Waals surface area contributed by atoms with Crippen LogP contribution in [0.4, 0.5) is 0 Å².